The first-order valence-corrected chi connectivity index (χ1v) is 11.8. The highest BCUT2D eigenvalue weighted by atomic mass is 127. The van der Waals surface area contributed by atoms with Crippen molar-refractivity contribution < 1.29 is 9.59 Å². The number of aryl methyl sites for hydroxylation is 2. The number of Topliss-reactive ketones (excluding diaryl/α,β-unsaturated/α-hetero) is 1. The second-order valence-electron chi connectivity index (χ2n) is 8.49. The lowest BCUT2D eigenvalue weighted by molar-refractivity contribution is -0.122. The van der Waals surface area contributed by atoms with E-state index in [9.17, 15) is 9.59 Å². The number of nitrogen functional groups attached to an aromatic ring is 1. The third kappa shape index (κ3) is 4.69. The molecule has 0 spiro atoms. The molecule has 1 aliphatic rings. The molecule has 1 aromatic carbocycles. The smallest absolute Gasteiger partial charge is 0.222 e. The Kier molecular flexibility index (Phi) is 5.95. The van der Waals surface area contributed by atoms with Gasteiger partial charge in [0.1, 0.15) is 6.33 Å². The Bertz CT molecular complexity index is 1200. The molecule has 4 rings (SSSR count). The van der Waals surface area contributed by atoms with Gasteiger partial charge in [-0.1, -0.05) is 11.8 Å². The Morgan fingerprint density at radius 3 is 2.81 bits per heavy atom. The Balaban J connectivity index is 1.69. The molecule has 0 bridgehead atoms. The van der Waals surface area contributed by atoms with Crippen molar-refractivity contribution in [2.45, 2.75) is 62.2 Å². The number of imidazole rings is 1. The minimum atomic E-state index is -0.300. The van der Waals surface area contributed by atoms with E-state index in [1.165, 1.54) is 18.1 Å². The maximum atomic E-state index is 12.4. The first kappa shape index (κ1) is 22.0. The van der Waals surface area contributed by atoms with Gasteiger partial charge in [-0.25, -0.2) is 15.0 Å². The van der Waals surface area contributed by atoms with E-state index in [-0.39, 0.29) is 23.7 Å². The fourth-order valence-corrected chi connectivity index (χ4v) is 5.34. The van der Waals surface area contributed by atoms with Crippen LogP contribution >= 0.6 is 34.4 Å². The summed E-state index contributed by atoms with van der Waals surface area (Å²) in [6.45, 7) is 6.25. The number of benzene rings is 1. The van der Waals surface area contributed by atoms with Crippen LogP contribution in [0.25, 0.3) is 11.2 Å². The van der Waals surface area contributed by atoms with E-state index in [1.807, 2.05) is 31.4 Å². The second-order valence-corrected chi connectivity index (χ2v) is 10.7. The molecule has 3 aromatic rings. The zero-order valence-corrected chi connectivity index (χ0v) is 20.5. The molecule has 1 amide bonds. The first-order chi connectivity index (χ1) is 14.6. The molecule has 0 saturated heterocycles. The summed E-state index contributed by atoms with van der Waals surface area (Å²) in [5.74, 6) is 0.421. The summed E-state index contributed by atoms with van der Waals surface area (Å²) in [6, 6.07) is 4.02. The van der Waals surface area contributed by atoms with E-state index in [4.69, 9.17) is 5.73 Å². The number of ketones is 1. The lowest BCUT2D eigenvalue weighted by atomic mass is 10.1. The molecule has 10 heteroatoms. The van der Waals surface area contributed by atoms with E-state index in [0.717, 1.165) is 26.0 Å². The number of anilines is 1. The van der Waals surface area contributed by atoms with Crippen LogP contribution in [-0.2, 0) is 17.8 Å². The van der Waals surface area contributed by atoms with Gasteiger partial charge in [-0.05, 0) is 67.5 Å². The van der Waals surface area contributed by atoms with E-state index in [2.05, 4.69) is 48.9 Å². The Hall–Kier alpha value is -2.21. The SMILES string of the molecule is CC(C)(C)NC(=O)CCn1c(Sc2cc3c(cc2I)CCC3=O)nc2c(N)ncnc21. The van der Waals surface area contributed by atoms with Crippen molar-refractivity contribution in [3.63, 3.8) is 0 Å². The molecule has 0 atom stereocenters. The maximum Gasteiger partial charge on any atom is 0.222 e. The summed E-state index contributed by atoms with van der Waals surface area (Å²) in [7, 11) is 0. The predicted molar refractivity (Wildman–Crippen MR) is 128 cm³/mol. The zero-order chi connectivity index (χ0) is 22.3. The normalized spacial score (nSPS) is 13.6. The van der Waals surface area contributed by atoms with Crippen LogP contribution in [0, 0.1) is 3.57 Å². The van der Waals surface area contributed by atoms with Gasteiger partial charge >= 0.3 is 0 Å². The summed E-state index contributed by atoms with van der Waals surface area (Å²) in [5.41, 5.74) is 8.71. The number of carbonyl (C=O) groups excluding carboxylic acids is 2. The molecule has 31 heavy (non-hydrogen) atoms. The lowest BCUT2D eigenvalue weighted by Crippen LogP contribution is -2.40. The largest absolute Gasteiger partial charge is 0.382 e. The molecule has 0 radical (unpaired) electrons. The fraction of sp³-hybridized carbons (Fsp3) is 0.381. The van der Waals surface area contributed by atoms with E-state index < -0.39 is 0 Å². The average Bonchev–Trinajstić information content (AvgIpc) is 3.20. The van der Waals surface area contributed by atoms with Gasteiger partial charge in [-0.2, -0.15) is 0 Å². The van der Waals surface area contributed by atoms with Crippen LogP contribution in [0.2, 0.25) is 0 Å². The molecule has 0 unspecified atom stereocenters. The lowest BCUT2D eigenvalue weighted by Gasteiger charge is -2.20. The summed E-state index contributed by atoms with van der Waals surface area (Å²) in [4.78, 5) is 38.6. The molecule has 2 aromatic heterocycles. The van der Waals surface area contributed by atoms with Crippen LogP contribution < -0.4 is 11.1 Å². The molecular formula is C21H23IN6O2S. The van der Waals surface area contributed by atoms with Gasteiger partial charge in [0, 0.05) is 39.0 Å². The monoisotopic (exact) mass is 550 g/mol. The van der Waals surface area contributed by atoms with Gasteiger partial charge in [0.15, 0.2) is 27.9 Å². The first-order valence-electron chi connectivity index (χ1n) is 9.93. The predicted octanol–water partition coefficient (Wildman–Crippen LogP) is 3.60. The van der Waals surface area contributed by atoms with Crippen molar-refractivity contribution in [1.29, 1.82) is 0 Å². The second kappa shape index (κ2) is 8.38. The number of nitrogens with zero attached hydrogens (tertiary/aromatic N) is 4. The summed E-state index contributed by atoms with van der Waals surface area (Å²) >= 11 is 3.73. The van der Waals surface area contributed by atoms with Crippen LogP contribution in [0.4, 0.5) is 5.82 Å². The van der Waals surface area contributed by atoms with Crippen LogP contribution in [0.15, 0.2) is 28.5 Å². The topological polar surface area (TPSA) is 116 Å². The van der Waals surface area contributed by atoms with Gasteiger partial charge in [0.25, 0.3) is 0 Å². The maximum absolute atomic E-state index is 12.4. The highest BCUT2D eigenvalue weighted by Gasteiger charge is 2.23. The summed E-state index contributed by atoms with van der Waals surface area (Å²) < 4.78 is 2.95. The number of amides is 1. The Labute approximate surface area is 197 Å². The van der Waals surface area contributed by atoms with Gasteiger partial charge in [0.2, 0.25) is 5.91 Å². The van der Waals surface area contributed by atoms with E-state index in [1.54, 1.807) is 0 Å². The Morgan fingerprint density at radius 2 is 2.06 bits per heavy atom. The van der Waals surface area contributed by atoms with Crippen LogP contribution in [0.5, 0.6) is 0 Å². The molecule has 0 fully saturated rings. The van der Waals surface area contributed by atoms with Crippen molar-refractivity contribution in [2.75, 3.05) is 5.73 Å². The van der Waals surface area contributed by atoms with Gasteiger partial charge in [0.05, 0.1) is 0 Å². The number of carbonyl (C=O) groups is 2. The summed E-state index contributed by atoms with van der Waals surface area (Å²) in [5, 5.41) is 3.64. The third-order valence-corrected chi connectivity index (χ3v) is 7.19. The van der Waals surface area contributed by atoms with Crippen molar-refractivity contribution in [1.82, 2.24) is 24.8 Å². The number of hydrogen-bond donors (Lipinski definition) is 2. The van der Waals surface area contributed by atoms with Crippen LogP contribution in [-0.4, -0.2) is 36.7 Å². The molecular weight excluding hydrogens is 527 g/mol. The molecule has 0 saturated carbocycles. The molecule has 3 N–H and O–H groups in total. The minimum Gasteiger partial charge on any atom is -0.382 e. The number of halogens is 1. The summed E-state index contributed by atoms with van der Waals surface area (Å²) in [6.07, 6.45) is 3.03. The van der Waals surface area contributed by atoms with Crippen molar-refractivity contribution in [2.24, 2.45) is 0 Å². The third-order valence-electron chi connectivity index (χ3n) is 4.88. The zero-order valence-electron chi connectivity index (χ0n) is 17.5. The average molecular weight is 550 g/mol. The van der Waals surface area contributed by atoms with Crippen LogP contribution in [0.3, 0.4) is 0 Å². The molecule has 1 aliphatic carbocycles. The quantitative estimate of drug-likeness (QED) is 0.467. The highest BCUT2D eigenvalue weighted by Crippen LogP contribution is 2.37. The van der Waals surface area contributed by atoms with Crippen molar-refractivity contribution >= 4 is 63.0 Å². The van der Waals surface area contributed by atoms with Gasteiger partial charge in [-0.3, -0.25) is 9.59 Å². The number of aromatic nitrogens is 4. The molecule has 2 heterocycles. The van der Waals surface area contributed by atoms with E-state index in [0.29, 0.717) is 35.1 Å². The highest BCUT2D eigenvalue weighted by molar-refractivity contribution is 14.1. The van der Waals surface area contributed by atoms with Gasteiger partial charge in [-0.15, -0.1) is 0 Å². The van der Waals surface area contributed by atoms with Crippen molar-refractivity contribution in [3.8, 4) is 0 Å². The number of nitrogens with one attached hydrogen (secondary N) is 1. The Morgan fingerprint density at radius 1 is 1.29 bits per heavy atom. The number of hydrogen-bond acceptors (Lipinski definition) is 7. The fourth-order valence-electron chi connectivity index (χ4n) is 3.53. The number of nitrogens with two attached hydrogens (primary N) is 1. The van der Waals surface area contributed by atoms with Gasteiger partial charge < -0.3 is 15.6 Å². The van der Waals surface area contributed by atoms with Crippen LogP contribution in [0.1, 0.15) is 49.5 Å². The number of rotatable bonds is 5. The number of fused-ring (bicyclic) bond motifs is 2. The van der Waals surface area contributed by atoms with E-state index >= 15 is 0 Å². The molecule has 162 valence electrons. The molecule has 0 aliphatic heterocycles. The minimum absolute atomic E-state index is 0.0509. The standard InChI is InChI=1S/C21H23IN6O2S/c1-21(2,3)27-16(30)6-7-28-19-17(18(23)24-10-25-19)26-20(28)31-15-9-12-11(8-13(15)22)4-5-14(12)29/h8-10H,4-7H2,1-3H3,(H,27,30)(H2,23,24,25). The van der Waals surface area contributed by atoms with Crippen molar-refractivity contribution in [3.05, 3.63) is 33.2 Å². The molecule has 8 nitrogen and oxygen atoms in total.